The number of anilines is 1. The first-order valence-corrected chi connectivity index (χ1v) is 10.1. The lowest BCUT2D eigenvalue weighted by molar-refractivity contribution is 0.572. The molecule has 0 saturated heterocycles. The molecule has 4 nitrogen and oxygen atoms in total. The van der Waals surface area contributed by atoms with Gasteiger partial charge in [0.05, 0.1) is 30.3 Å². The van der Waals surface area contributed by atoms with Crippen LogP contribution in [0, 0.1) is 16.3 Å². The maximum absolute atomic E-state index is 13.6. The van der Waals surface area contributed by atoms with Gasteiger partial charge in [0, 0.05) is 17.2 Å². The molecule has 0 fully saturated rings. The highest BCUT2D eigenvalue weighted by Crippen LogP contribution is 2.40. The number of nitrogens with zero attached hydrogens (tertiary/aromatic N) is 3. The molecule has 2 aromatic carbocycles. The molecule has 0 aliphatic carbocycles. The average molecular weight is 449 g/mol. The summed E-state index contributed by atoms with van der Waals surface area (Å²) in [5.41, 5.74) is 4.28. The predicted molar refractivity (Wildman–Crippen MR) is 105 cm³/mol. The van der Waals surface area contributed by atoms with Crippen LogP contribution in [0.3, 0.4) is 0 Å². The maximum Gasteiger partial charge on any atom is 0.182 e. The summed E-state index contributed by atoms with van der Waals surface area (Å²) < 4.78 is 25.3. The molecular formula is C19H17FIN3O. The normalized spacial score (nSPS) is 13.2. The van der Waals surface area contributed by atoms with Crippen molar-refractivity contribution in [2.45, 2.75) is 26.8 Å². The highest BCUT2D eigenvalue weighted by atomic mass is 127. The SMILES string of the molecule is Cc1cc(-c2ncoc2-c2ccc3c(c2)N(C(C)C)N=I3)ccc1F. The minimum atomic E-state index is -0.320. The minimum Gasteiger partial charge on any atom is -0.443 e. The fourth-order valence-electron chi connectivity index (χ4n) is 2.84. The second-order valence-corrected chi connectivity index (χ2v) is 8.33. The van der Waals surface area contributed by atoms with Gasteiger partial charge in [0.15, 0.2) is 12.2 Å². The predicted octanol–water partition coefficient (Wildman–Crippen LogP) is 5.92. The fraction of sp³-hybridized carbons (Fsp3) is 0.211. The van der Waals surface area contributed by atoms with Crippen molar-refractivity contribution in [3.05, 3.63) is 57.7 Å². The molecule has 0 bridgehead atoms. The molecule has 1 aliphatic rings. The van der Waals surface area contributed by atoms with Crippen LogP contribution in [0.4, 0.5) is 10.1 Å². The van der Waals surface area contributed by atoms with E-state index < -0.39 is 0 Å². The first-order valence-electron chi connectivity index (χ1n) is 8.03. The highest BCUT2D eigenvalue weighted by molar-refractivity contribution is 14.2. The van der Waals surface area contributed by atoms with Gasteiger partial charge >= 0.3 is 0 Å². The van der Waals surface area contributed by atoms with Crippen LogP contribution in [-0.2, 0) is 0 Å². The lowest BCUT2D eigenvalue weighted by atomic mass is 10.0. The zero-order valence-electron chi connectivity index (χ0n) is 14.1. The highest BCUT2D eigenvalue weighted by Gasteiger charge is 2.22. The van der Waals surface area contributed by atoms with Crippen molar-refractivity contribution in [2.24, 2.45) is 3.25 Å². The van der Waals surface area contributed by atoms with Crippen molar-refractivity contribution in [3.8, 4) is 22.6 Å². The molecule has 0 unspecified atom stereocenters. The number of benzene rings is 2. The van der Waals surface area contributed by atoms with Crippen LogP contribution in [0.5, 0.6) is 0 Å². The summed E-state index contributed by atoms with van der Waals surface area (Å²) >= 11 is -0.320. The van der Waals surface area contributed by atoms with Gasteiger partial charge in [0.2, 0.25) is 0 Å². The molecule has 6 heteroatoms. The summed E-state index contributed by atoms with van der Waals surface area (Å²) in [4.78, 5) is 4.36. The minimum absolute atomic E-state index is 0.218. The van der Waals surface area contributed by atoms with E-state index in [1.54, 1.807) is 19.1 Å². The van der Waals surface area contributed by atoms with Gasteiger partial charge in [-0.15, -0.1) is 3.25 Å². The number of aryl methyl sites for hydroxylation is 1. The third-order valence-corrected chi connectivity index (χ3v) is 6.27. The fourth-order valence-corrected chi connectivity index (χ4v) is 5.02. The van der Waals surface area contributed by atoms with E-state index in [1.165, 1.54) is 16.0 Å². The molecule has 0 saturated carbocycles. The van der Waals surface area contributed by atoms with E-state index in [-0.39, 0.29) is 26.9 Å². The lowest BCUT2D eigenvalue weighted by Crippen LogP contribution is -2.22. The first-order chi connectivity index (χ1) is 12.0. The second kappa shape index (κ2) is 6.33. The van der Waals surface area contributed by atoms with E-state index in [9.17, 15) is 4.39 Å². The van der Waals surface area contributed by atoms with Crippen molar-refractivity contribution in [1.82, 2.24) is 4.98 Å². The number of aromatic nitrogens is 1. The molecule has 0 amide bonds. The molecule has 1 aromatic heterocycles. The molecule has 0 atom stereocenters. The number of rotatable bonds is 3. The number of hydrogen-bond acceptors (Lipinski definition) is 4. The van der Waals surface area contributed by atoms with Gasteiger partial charge in [0.1, 0.15) is 11.5 Å². The van der Waals surface area contributed by atoms with Crippen LogP contribution in [-0.4, -0.2) is 11.0 Å². The van der Waals surface area contributed by atoms with Crippen molar-refractivity contribution < 1.29 is 8.81 Å². The molecule has 128 valence electrons. The molecule has 0 N–H and O–H groups in total. The van der Waals surface area contributed by atoms with Gasteiger partial charge in [-0.25, -0.2) is 9.37 Å². The number of fused-ring (bicyclic) bond motifs is 1. The third-order valence-electron chi connectivity index (χ3n) is 4.15. The number of halogens is 2. The van der Waals surface area contributed by atoms with Crippen LogP contribution in [0.15, 0.2) is 50.5 Å². The van der Waals surface area contributed by atoms with Crippen molar-refractivity contribution in [2.75, 3.05) is 5.01 Å². The molecular weight excluding hydrogens is 432 g/mol. The smallest absolute Gasteiger partial charge is 0.182 e. The number of hydrogen-bond donors (Lipinski definition) is 0. The molecule has 3 aromatic rings. The van der Waals surface area contributed by atoms with Crippen LogP contribution >= 0.6 is 21.0 Å². The summed E-state index contributed by atoms with van der Waals surface area (Å²) in [5.74, 6) is 0.479. The Bertz CT molecular complexity index is 981. The molecule has 4 rings (SSSR count). The van der Waals surface area contributed by atoms with Crippen molar-refractivity contribution in [3.63, 3.8) is 0 Å². The van der Waals surface area contributed by atoms with E-state index in [0.717, 1.165) is 22.5 Å². The van der Waals surface area contributed by atoms with Gasteiger partial charge in [-0.2, -0.15) is 0 Å². The first kappa shape index (κ1) is 16.4. The molecule has 0 spiro atoms. The van der Waals surface area contributed by atoms with Gasteiger partial charge in [0.25, 0.3) is 0 Å². The van der Waals surface area contributed by atoms with Crippen molar-refractivity contribution in [1.29, 1.82) is 0 Å². The Labute approximate surface area is 155 Å². The summed E-state index contributed by atoms with van der Waals surface area (Å²) in [6.45, 7) is 6.02. The summed E-state index contributed by atoms with van der Waals surface area (Å²) in [6.07, 6.45) is 1.44. The summed E-state index contributed by atoms with van der Waals surface area (Å²) in [7, 11) is 0. The van der Waals surface area contributed by atoms with E-state index in [4.69, 9.17) is 4.42 Å². The molecule has 2 heterocycles. The maximum atomic E-state index is 13.6. The van der Waals surface area contributed by atoms with Crippen LogP contribution in [0.2, 0.25) is 0 Å². The Morgan fingerprint density at radius 1 is 1.12 bits per heavy atom. The lowest BCUT2D eigenvalue weighted by Gasteiger charge is -2.19. The van der Waals surface area contributed by atoms with Crippen LogP contribution < -0.4 is 5.01 Å². The van der Waals surface area contributed by atoms with Gasteiger partial charge in [-0.05, 0) is 62.7 Å². The van der Waals surface area contributed by atoms with E-state index >= 15 is 0 Å². The van der Waals surface area contributed by atoms with E-state index in [0.29, 0.717) is 17.4 Å². The van der Waals surface area contributed by atoms with Gasteiger partial charge in [-0.3, -0.25) is 5.01 Å². The monoisotopic (exact) mass is 449 g/mol. The number of oxazole rings is 1. The van der Waals surface area contributed by atoms with Crippen molar-refractivity contribution >= 4 is 26.7 Å². The second-order valence-electron chi connectivity index (χ2n) is 6.26. The van der Waals surface area contributed by atoms with E-state index in [1.807, 2.05) is 0 Å². The van der Waals surface area contributed by atoms with Gasteiger partial charge in [-0.1, -0.05) is 0 Å². The molecule has 1 aliphatic heterocycles. The Morgan fingerprint density at radius 3 is 2.68 bits per heavy atom. The topological polar surface area (TPSA) is 41.6 Å². The molecule has 0 radical (unpaired) electrons. The van der Waals surface area contributed by atoms with Gasteiger partial charge < -0.3 is 4.42 Å². The largest absolute Gasteiger partial charge is 0.443 e. The Morgan fingerprint density at radius 2 is 1.92 bits per heavy atom. The third kappa shape index (κ3) is 2.88. The zero-order chi connectivity index (χ0) is 17.6. The zero-order valence-corrected chi connectivity index (χ0v) is 16.3. The average Bonchev–Trinajstić information content (AvgIpc) is 3.23. The van der Waals surface area contributed by atoms with Crippen LogP contribution in [0.25, 0.3) is 22.6 Å². The Balaban J connectivity index is 1.79. The van der Waals surface area contributed by atoms with Crippen LogP contribution in [0.1, 0.15) is 19.4 Å². The Hall–Kier alpha value is -2.09. The van der Waals surface area contributed by atoms with E-state index in [2.05, 4.69) is 45.3 Å². The Kier molecular flexibility index (Phi) is 4.15. The summed E-state index contributed by atoms with van der Waals surface area (Å²) in [5, 5.41) is 2.09. The molecule has 25 heavy (non-hydrogen) atoms. The standard InChI is InChI=1S/C19H17FIN3O/c1-11(2)24-17-9-14(5-7-16(17)21-23-24)19-18(22-10-25-19)13-4-6-15(20)12(3)8-13/h4-11H,1-3H3. The summed E-state index contributed by atoms with van der Waals surface area (Å²) in [6, 6.07) is 11.6. The quantitative estimate of drug-likeness (QED) is 0.466.